The molecule has 2 aromatic rings. The Kier molecular flexibility index (Phi) is 5.26. The van der Waals surface area contributed by atoms with Crippen LogP contribution in [-0.2, 0) is 11.2 Å². The monoisotopic (exact) mass is 351 g/mol. The number of para-hydroxylation sites is 1. The lowest BCUT2D eigenvalue weighted by Crippen LogP contribution is -2.48. The van der Waals surface area contributed by atoms with Crippen molar-refractivity contribution in [2.75, 3.05) is 30.4 Å². The Bertz CT molecular complexity index is 799. The molecule has 5 heteroatoms. The molecule has 2 amide bonds. The van der Waals surface area contributed by atoms with Gasteiger partial charge >= 0.3 is 0 Å². The van der Waals surface area contributed by atoms with Gasteiger partial charge in [-0.15, -0.1) is 0 Å². The fourth-order valence-corrected chi connectivity index (χ4v) is 3.25. The quantitative estimate of drug-likeness (QED) is 0.922. The summed E-state index contributed by atoms with van der Waals surface area (Å²) in [6.07, 6.45) is 1.92. The molecule has 1 atom stereocenters. The van der Waals surface area contributed by atoms with Crippen molar-refractivity contribution >= 4 is 23.2 Å². The van der Waals surface area contributed by atoms with Crippen molar-refractivity contribution in [3.05, 3.63) is 59.7 Å². The standard InChI is InChI=1S/C21H25N3O2/c1-15(22-20(25)17-10-12-18(13-11-17)23(2)3)21(26)24-14-6-8-16-7-4-5-9-19(16)24/h4-5,7,9-13,15H,6,8,14H2,1-3H3,(H,22,25)/t15-/m1/s1. The van der Waals surface area contributed by atoms with Crippen molar-refractivity contribution in [1.82, 2.24) is 5.32 Å². The molecule has 0 bridgehead atoms. The molecular weight excluding hydrogens is 326 g/mol. The van der Waals surface area contributed by atoms with Gasteiger partial charge in [0.15, 0.2) is 0 Å². The van der Waals surface area contributed by atoms with E-state index in [2.05, 4.69) is 11.4 Å². The largest absolute Gasteiger partial charge is 0.378 e. The average Bonchev–Trinajstić information content (AvgIpc) is 2.66. The maximum Gasteiger partial charge on any atom is 0.251 e. The number of carbonyl (C=O) groups excluding carboxylic acids is 2. The lowest BCUT2D eigenvalue weighted by molar-refractivity contribution is -0.120. The van der Waals surface area contributed by atoms with Crippen molar-refractivity contribution in [1.29, 1.82) is 0 Å². The lowest BCUT2D eigenvalue weighted by Gasteiger charge is -2.31. The van der Waals surface area contributed by atoms with Gasteiger partial charge in [0.05, 0.1) is 0 Å². The fraction of sp³-hybridized carbons (Fsp3) is 0.333. The highest BCUT2D eigenvalue weighted by molar-refractivity contribution is 6.02. The molecule has 0 fully saturated rings. The number of hydrogen-bond donors (Lipinski definition) is 1. The van der Waals surface area contributed by atoms with E-state index in [1.165, 1.54) is 5.56 Å². The molecule has 0 radical (unpaired) electrons. The second-order valence-electron chi connectivity index (χ2n) is 6.86. The molecule has 0 aliphatic carbocycles. The summed E-state index contributed by atoms with van der Waals surface area (Å²) in [5, 5.41) is 2.83. The number of anilines is 2. The zero-order chi connectivity index (χ0) is 18.7. The van der Waals surface area contributed by atoms with Crippen molar-refractivity contribution in [3.63, 3.8) is 0 Å². The summed E-state index contributed by atoms with van der Waals surface area (Å²) in [7, 11) is 3.90. The highest BCUT2D eigenvalue weighted by Gasteiger charge is 2.27. The molecule has 0 saturated heterocycles. The number of nitrogens with one attached hydrogen (secondary N) is 1. The van der Waals surface area contributed by atoms with Gasteiger partial charge in [0, 0.05) is 37.6 Å². The van der Waals surface area contributed by atoms with Crippen molar-refractivity contribution in [2.24, 2.45) is 0 Å². The minimum Gasteiger partial charge on any atom is -0.378 e. The van der Waals surface area contributed by atoms with Gasteiger partial charge in [-0.25, -0.2) is 0 Å². The number of carbonyl (C=O) groups is 2. The Morgan fingerprint density at radius 3 is 2.46 bits per heavy atom. The molecule has 0 saturated carbocycles. The third kappa shape index (κ3) is 3.72. The van der Waals surface area contributed by atoms with Gasteiger partial charge in [0.2, 0.25) is 5.91 Å². The summed E-state index contributed by atoms with van der Waals surface area (Å²) >= 11 is 0. The Balaban J connectivity index is 1.69. The van der Waals surface area contributed by atoms with Crippen molar-refractivity contribution in [3.8, 4) is 0 Å². The van der Waals surface area contributed by atoms with Gasteiger partial charge in [0.1, 0.15) is 6.04 Å². The zero-order valence-electron chi connectivity index (χ0n) is 15.5. The normalized spacial score (nSPS) is 14.3. The van der Waals surface area contributed by atoms with Crippen LogP contribution in [0, 0.1) is 0 Å². The Morgan fingerprint density at radius 1 is 1.08 bits per heavy atom. The number of fused-ring (bicyclic) bond motifs is 1. The number of aryl methyl sites for hydroxylation is 1. The van der Waals surface area contributed by atoms with Crippen LogP contribution in [0.25, 0.3) is 0 Å². The second-order valence-corrected chi connectivity index (χ2v) is 6.86. The number of amides is 2. The molecule has 1 aliphatic heterocycles. The van der Waals surface area contributed by atoms with Gasteiger partial charge in [0.25, 0.3) is 5.91 Å². The molecular formula is C21H25N3O2. The fourth-order valence-electron chi connectivity index (χ4n) is 3.25. The summed E-state index contributed by atoms with van der Waals surface area (Å²) in [5.74, 6) is -0.308. The van der Waals surface area contributed by atoms with E-state index in [4.69, 9.17) is 0 Å². The first-order valence-corrected chi connectivity index (χ1v) is 8.95. The van der Waals surface area contributed by atoms with E-state index >= 15 is 0 Å². The van der Waals surface area contributed by atoms with E-state index in [0.717, 1.165) is 24.2 Å². The molecule has 136 valence electrons. The molecule has 1 aliphatic rings. The number of hydrogen-bond acceptors (Lipinski definition) is 3. The molecule has 1 heterocycles. The van der Waals surface area contributed by atoms with Crippen LogP contribution in [-0.4, -0.2) is 38.5 Å². The van der Waals surface area contributed by atoms with Crippen LogP contribution in [0.5, 0.6) is 0 Å². The van der Waals surface area contributed by atoms with Gasteiger partial charge in [-0.1, -0.05) is 18.2 Å². The minimum absolute atomic E-state index is 0.0737. The van der Waals surface area contributed by atoms with Crippen LogP contribution in [0.15, 0.2) is 48.5 Å². The maximum absolute atomic E-state index is 12.9. The van der Waals surface area contributed by atoms with Crippen LogP contribution >= 0.6 is 0 Å². The van der Waals surface area contributed by atoms with Crippen LogP contribution in [0.4, 0.5) is 11.4 Å². The summed E-state index contributed by atoms with van der Waals surface area (Å²) in [6.45, 7) is 2.43. The van der Waals surface area contributed by atoms with Gasteiger partial charge in [-0.2, -0.15) is 0 Å². The third-order valence-corrected chi connectivity index (χ3v) is 4.74. The van der Waals surface area contributed by atoms with Crippen LogP contribution in [0.3, 0.4) is 0 Å². The summed E-state index contributed by atoms with van der Waals surface area (Å²) in [6, 6.07) is 14.7. The van der Waals surface area contributed by atoms with Crippen molar-refractivity contribution in [2.45, 2.75) is 25.8 Å². The van der Waals surface area contributed by atoms with Gasteiger partial charge in [-0.3, -0.25) is 9.59 Å². The van der Waals surface area contributed by atoms with Gasteiger partial charge in [-0.05, 0) is 55.7 Å². The van der Waals surface area contributed by atoms with E-state index in [0.29, 0.717) is 12.1 Å². The van der Waals surface area contributed by atoms with Crippen LogP contribution < -0.4 is 15.1 Å². The smallest absolute Gasteiger partial charge is 0.251 e. The van der Waals surface area contributed by atoms with Crippen LogP contribution in [0.2, 0.25) is 0 Å². The number of nitrogens with zero attached hydrogens (tertiary/aromatic N) is 2. The SMILES string of the molecule is C[C@@H](NC(=O)c1ccc(N(C)C)cc1)C(=O)N1CCCc2ccccc21. The predicted molar refractivity (Wildman–Crippen MR) is 105 cm³/mol. The second kappa shape index (κ2) is 7.60. The molecule has 26 heavy (non-hydrogen) atoms. The Labute approximate surface area is 154 Å². The molecule has 3 rings (SSSR count). The highest BCUT2D eigenvalue weighted by atomic mass is 16.2. The molecule has 0 spiro atoms. The molecule has 0 aromatic heterocycles. The summed E-state index contributed by atoms with van der Waals surface area (Å²) in [4.78, 5) is 29.1. The first kappa shape index (κ1) is 18.0. The van der Waals surface area contributed by atoms with E-state index in [-0.39, 0.29) is 11.8 Å². The van der Waals surface area contributed by atoms with E-state index in [9.17, 15) is 9.59 Å². The van der Waals surface area contributed by atoms with Crippen molar-refractivity contribution < 1.29 is 9.59 Å². The highest BCUT2D eigenvalue weighted by Crippen LogP contribution is 2.27. The first-order chi connectivity index (χ1) is 12.5. The molecule has 5 nitrogen and oxygen atoms in total. The molecule has 2 aromatic carbocycles. The zero-order valence-corrected chi connectivity index (χ0v) is 15.5. The van der Waals surface area contributed by atoms with Gasteiger partial charge < -0.3 is 15.1 Å². The molecule has 1 N–H and O–H groups in total. The van der Waals surface area contributed by atoms with Crippen LogP contribution in [0.1, 0.15) is 29.3 Å². The summed E-state index contributed by atoms with van der Waals surface area (Å²) < 4.78 is 0. The predicted octanol–water partition coefficient (Wildman–Crippen LogP) is 2.85. The van der Waals surface area contributed by atoms with E-state index in [1.807, 2.05) is 49.3 Å². The minimum atomic E-state index is -0.581. The number of rotatable bonds is 4. The topological polar surface area (TPSA) is 52.7 Å². The average molecular weight is 351 g/mol. The maximum atomic E-state index is 12.9. The first-order valence-electron chi connectivity index (χ1n) is 8.95. The molecule has 0 unspecified atom stereocenters. The third-order valence-electron chi connectivity index (χ3n) is 4.74. The van der Waals surface area contributed by atoms with E-state index < -0.39 is 6.04 Å². The lowest BCUT2D eigenvalue weighted by atomic mass is 10.0. The van der Waals surface area contributed by atoms with E-state index in [1.54, 1.807) is 24.0 Å². The Hall–Kier alpha value is -2.82. The Morgan fingerprint density at radius 2 is 1.77 bits per heavy atom. The number of benzene rings is 2. The summed E-state index contributed by atoms with van der Waals surface area (Å²) in [5.41, 5.74) is 3.72.